The quantitative estimate of drug-likeness (QED) is 0.488. The van der Waals surface area contributed by atoms with Crippen molar-refractivity contribution in [3.8, 4) is 0 Å². The summed E-state index contributed by atoms with van der Waals surface area (Å²) < 4.78 is 31.0. The number of benzene rings is 3. The smallest absolute Gasteiger partial charge is 0.328 e. The Labute approximate surface area is 188 Å². The van der Waals surface area contributed by atoms with Gasteiger partial charge in [0.15, 0.2) is 0 Å². The molecule has 0 saturated carbocycles. The standard InChI is InChI=1S/C25H25N3O3S/c1-18-13-15-21(16-14-18)32(30,31)26-24(19-9-5-4-6-10-19)23-17-20-11-7-8-12-22(20)28(23)25(29)27(2)3/h4-17,24,26H,1-3H3/t24-/m1/s1. The lowest BCUT2D eigenvalue weighted by Gasteiger charge is -2.23. The van der Waals surface area contributed by atoms with Gasteiger partial charge in [0.2, 0.25) is 10.0 Å². The first-order chi connectivity index (χ1) is 15.3. The average Bonchev–Trinajstić information content (AvgIpc) is 3.17. The van der Waals surface area contributed by atoms with Crippen LogP contribution in [0, 0.1) is 6.92 Å². The minimum Gasteiger partial charge on any atom is -0.330 e. The summed E-state index contributed by atoms with van der Waals surface area (Å²) >= 11 is 0. The maximum atomic E-state index is 13.3. The van der Waals surface area contributed by atoms with Crippen molar-refractivity contribution in [1.29, 1.82) is 0 Å². The summed E-state index contributed by atoms with van der Waals surface area (Å²) in [5.41, 5.74) is 2.97. The normalized spacial score (nSPS) is 12.6. The number of fused-ring (bicyclic) bond motifs is 1. The second-order valence-corrected chi connectivity index (χ2v) is 9.63. The molecule has 4 aromatic rings. The van der Waals surface area contributed by atoms with Crippen LogP contribution in [0.4, 0.5) is 4.79 Å². The number of para-hydroxylation sites is 1. The molecule has 0 fully saturated rings. The third-order valence-electron chi connectivity index (χ3n) is 5.35. The summed E-state index contributed by atoms with van der Waals surface area (Å²) in [7, 11) is -0.510. The van der Waals surface area contributed by atoms with Gasteiger partial charge in [-0.25, -0.2) is 13.2 Å². The predicted molar refractivity (Wildman–Crippen MR) is 126 cm³/mol. The summed E-state index contributed by atoms with van der Waals surface area (Å²) in [5.74, 6) is 0. The third-order valence-corrected chi connectivity index (χ3v) is 6.78. The highest BCUT2D eigenvalue weighted by Gasteiger charge is 2.28. The molecule has 1 heterocycles. The molecule has 0 spiro atoms. The van der Waals surface area contributed by atoms with Gasteiger partial charge >= 0.3 is 6.03 Å². The number of carbonyl (C=O) groups excluding carboxylic acids is 1. The number of hydrogen-bond acceptors (Lipinski definition) is 3. The fourth-order valence-electron chi connectivity index (χ4n) is 3.69. The van der Waals surface area contributed by atoms with Crippen molar-refractivity contribution in [2.24, 2.45) is 0 Å². The average molecular weight is 448 g/mol. The minimum atomic E-state index is -3.86. The maximum Gasteiger partial charge on any atom is 0.328 e. The van der Waals surface area contributed by atoms with E-state index in [0.717, 1.165) is 22.0 Å². The molecule has 32 heavy (non-hydrogen) atoms. The van der Waals surface area contributed by atoms with Crippen LogP contribution >= 0.6 is 0 Å². The van der Waals surface area contributed by atoms with Crippen LogP contribution in [-0.2, 0) is 10.0 Å². The van der Waals surface area contributed by atoms with Gasteiger partial charge in [0, 0.05) is 19.5 Å². The minimum absolute atomic E-state index is 0.172. The van der Waals surface area contributed by atoms with Gasteiger partial charge in [-0.15, -0.1) is 0 Å². The third kappa shape index (κ3) is 4.17. The number of carbonyl (C=O) groups is 1. The molecule has 1 amide bonds. The summed E-state index contributed by atoms with van der Waals surface area (Å²) in [4.78, 5) is 14.8. The molecule has 0 saturated heterocycles. The van der Waals surface area contributed by atoms with Gasteiger partial charge in [-0.05, 0) is 36.8 Å². The van der Waals surface area contributed by atoms with E-state index < -0.39 is 16.1 Å². The first-order valence-corrected chi connectivity index (χ1v) is 11.7. The zero-order valence-corrected chi connectivity index (χ0v) is 19.0. The largest absolute Gasteiger partial charge is 0.330 e. The molecule has 0 bridgehead atoms. The monoisotopic (exact) mass is 447 g/mol. The Balaban J connectivity index is 1.91. The molecular weight excluding hydrogens is 422 g/mol. The van der Waals surface area contributed by atoms with Gasteiger partial charge in [0.05, 0.1) is 22.1 Å². The zero-order valence-electron chi connectivity index (χ0n) is 18.2. The summed E-state index contributed by atoms with van der Waals surface area (Å²) in [5, 5.41) is 0.855. The molecular formula is C25H25N3O3S. The molecule has 6 nitrogen and oxygen atoms in total. The molecule has 0 aliphatic rings. The number of hydrogen-bond donors (Lipinski definition) is 1. The van der Waals surface area contributed by atoms with E-state index >= 15 is 0 Å². The van der Waals surface area contributed by atoms with E-state index in [-0.39, 0.29) is 10.9 Å². The molecule has 1 aromatic heterocycles. The van der Waals surface area contributed by atoms with Crippen molar-refractivity contribution >= 4 is 27.0 Å². The molecule has 0 aliphatic carbocycles. The maximum absolute atomic E-state index is 13.3. The van der Waals surface area contributed by atoms with Crippen molar-refractivity contribution in [1.82, 2.24) is 14.2 Å². The SMILES string of the molecule is Cc1ccc(S(=O)(=O)N[C@H](c2ccccc2)c2cc3ccccc3n2C(=O)N(C)C)cc1. The van der Waals surface area contributed by atoms with Crippen LogP contribution in [-0.4, -0.2) is 38.0 Å². The van der Waals surface area contributed by atoms with Gasteiger partial charge < -0.3 is 4.90 Å². The molecule has 0 aliphatic heterocycles. The molecule has 0 radical (unpaired) electrons. The Morgan fingerprint density at radius 3 is 2.19 bits per heavy atom. The van der Waals surface area contributed by atoms with Crippen molar-refractivity contribution in [3.63, 3.8) is 0 Å². The number of rotatable bonds is 5. The van der Waals surface area contributed by atoms with Crippen LogP contribution in [0.2, 0.25) is 0 Å². The van der Waals surface area contributed by atoms with E-state index in [2.05, 4.69) is 4.72 Å². The van der Waals surface area contributed by atoms with E-state index in [1.165, 1.54) is 4.90 Å². The summed E-state index contributed by atoms with van der Waals surface area (Å²) in [6.07, 6.45) is 0. The fraction of sp³-hybridized carbons (Fsp3) is 0.160. The van der Waals surface area contributed by atoms with E-state index in [4.69, 9.17) is 0 Å². The van der Waals surface area contributed by atoms with Crippen LogP contribution in [0.5, 0.6) is 0 Å². The Hall–Kier alpha value is -3.42. The number of nitrogens with zero attached hydrogens (tertiary/aromatic N) is 2. The predicted octanol–water partition coefficient (Wildman–Crippen LogP) is 4.55. The van der Waals surface area contributed by atoms with Gasteiger partial charge in [-0.3, -0.25) is 4.57 Å². The van der Waals surface area contributed by atoms with Gasteiger partial charge in [-0.1, -0.05) is 66.2 Å². The van der Waals surface area contributed by atoms with Crippen molar-refractivity contribution in [2.75, 3.05) is 14.1 Å². The summed E-state index contributed by atoms with van der Waals surface area (Å²) in [6, 6.07) is 24.3. The molecule has 4 rings (SSSR count). The number of aromatic nitrogens is 1. The summed E-state index contributed by atoms with van der Waals surface area (Å²) in [6.45, 7) is 1.90. The Morgan fingerprint density at radius 2 is 1.53 bits per heavy atom. The second kappa shape index (κ2) is 8.61. The molecule has 1 N–H and O–H groups in total. The number of aryl methyl sites for hydroxylation is 1. The van der Waals surface area contributed by atoms with E-state index in [9.17, 15) is 13.2 Å². The molecule has 0 unspecified atom stereocenters. The van der Waals surface area contributed by atoms with Crippen molar-refractivity contribution in [2.45, 2.75) is 17.9 Å². The van der Waals surface area contributed by atoms with Crippen LogP contribution in [0.15, 0.2) is 89.8 Å². The van der Waals surface area contributed by atoms with Crippen LogP contribution in [0.1, 0.15) is 22.9 Å². The van der Waals surface area contributed by atoms with Crippen LogP contribution in [0.3, 0.4) is 0 Å². The highest BCUT2D eigenvalue weighted by Crippen LogP contribution is 2.30. The highest BCUT2D eigenvalue weighted by atomic mass is 32.2. The number of amides is 1. The van der Waals surface area contributed by atoms with Gasteiger partial charge in [-0.2, -0.15) is 4.72 Å². The van der Waals surface area contributed by atoms with Crippen molar-refractivity contribution < 1.29 is 13.2 Å². The first-order valence-electron chi connectivity index (χ1n) is 10.2. The van der Waals surface area contributed by atoms with Crippen LogP contribution < -0.4 is 4.72 Å². The molecule has 1 atom stereocenters. The lowest BCUT2D eigenvalue weighted by atomic mass is 10.0. The molecule has 3 aromatic carbocycles. The lowest BCUT2D eigenvalue weighted by molar-refractivity contribution is 0.219. The van der Waals surface area contributed by atoms with Crippen LogP contribution in [0.25, 0.3) is 10.9 Å². The number of sulfonamides is 1. The Bertz CT molecular complexity index is 1360. The van der Waals surface area contributed by atoms with Crippen molar-refractivity contribution in [3.05, 3.63) is 102 Å². The topological polar surface area (TPSA) is 71.4 Å². The van der Waals surface area contributed by atoms with E-state index in [1.54, 1.807) is 42.9 Å². The zero-order chi connectivity index (χ0) is 22.9. The van der Waals surface area contributed by atoms with Gasteiger partial charge in [0.25, 0.3) is 0 Å². The molecule has 7 heteroatoms. The fourth-order valence-corrected chi connectivity index (χ4v) is 4.88. The number of nitrogens with one attached hydrogen (secondary N) is 1. The second-order valence-electron chi connectivity index (χ2n) is 7.92. The van der Waals surface area contributed by atoms with E-state index in [1.807, 2.05) is 67.6 Å². The Morgan fingerprint density at radius 1 is 0.906 bits per heavy atom. The molecule has 164 valence electrons. The Kier molecular flexibility index (Phi) is 5.86. The first kappa shape index (κ1) is 21.8. The van der Waals surface area contributed by atoms with Gasteiger partial charge in [0.1, 0.15) is 0 Å². The highest BCUT2D eigenvalue weighted by molar-refractivity contribution is 7.89. The van der Waals surface area contributed by atoms with E-state index in [0.29, 0.717) is 5.69 Å². The lowest BCUT2D eigenvalue weighted by Crippen LogP contribution is -2.34.